The molecular formula is C14H19NO4S. The van der Waals surface area contributed by atoms with E-state index in [0.29, 0.717) is 12.2 Å². The number of hydrogen-bond donors (Lipinski definition) is 2. The number of ether oxygens (including phenoxy) is 1. The SMILES string of the molecule is COCC(C)NS(=O)(=O)c1ccc(C#CCO)c(C)c1. The van der Waals surface area contributed by atoms with Crippen LogP contribution in [0.15, 0.2) is 23.1 Å². The van der Waals surface area contributed by atoms with Gasteiger partial charge in [0.15, 0.2) is 0 Å². The number of sulfonamides is 1. The zero-order chi connectivity index (χ0) is 15.2. The summed E-state index contributed by atoms with van der Waals surface area (Å²) in [7, 11) is -2.05. The molecule has 1 rings (SSSR count). The van der Waals surface area contributed by atoms with Crippen molar-refractivity contribution >= 4 is 10.0 Å². The van der Waals surface area contributed by atoms with E-state index in [1.807, 2.05) is 0 Å². The number of aliphatic hydroxyl groups excluding tert-OH is 1. The van der Waals surface area contributed by atoms with Crippen molar-refractivity contribution in [2.75, 3.05) is 20.3 Å². The molecule has 2 N–H and O–H groups in total. The molecule has 0 spiro atoms. The first-order valence-electron chi connectivity index (χ1n) is 6.12. The normalized spacial score (nSPS) is 12.6. The van der Waals surface area contributed by atoms with Gasteiger partial charge >= 0.3 is 0 Å². The standard InChI is InChI=1S/C14H19NO4S/c1-11-9-14(7-6-13(11)5-4-8-16)20(17,18)15-12(2)10-19-3/h6-7,9,12,15-16H,8,10H2,1-3H3. The molecule has 0 aliphatic heterocycles. The molecule has 0 aliphatic carbocycles. The first-order valence-corrected chi connectivity index (χ1v) is 7.60. The predicted octanol–water partition coefficient (Wildman–Crippen LogP) is 0.652. The molecule has 1 unspecified atom stereocenters. The average Bonchev–Trinajstić information content (AvgIpc) is 2.36. The summed E-state index contributed by atoms with van der Waals surface area (Å²) in [4.78, 5) is 0.188. The molecule has 0 saturated carbocycles. The minimum Gasteiger partial charge on any atom is -0.384 e. The summed E-state index contributed by atoms with van der Waals surface area (Å²) in [6.45, 7) is 3.59. The summed E-state index contributed by atoms with van der Waals surface area (Å²) >= 11 is 0. The third kappa shape index (κ3) is 4.62. The predicted molar refractivity (Wildman–Crippen MR) is 76.8 cm³/mol. The number of aliphatic hydroxyl groups is 1. The topological polar surface area (TPSA) is 75.6 Å². The molecule has 6 heteroatoms. The second kappa shape index (κ2) is 7.41. The Kier molecular flexibility index (Phi) is 6.17. The molecule has 0 radical (unpaired) electrons. The zero-order valence-corrected chi connectivity index (χ0v) is 12.6. The first-order chi connectivity index (χ1) is 9.40. The molecule has 0 bridgehead atoms. The summed E-state index contributed by atoms with van der Waals surface area (Å²) in [5.74, 6) is 5.30. The average molecular weight is 297 g/mol. The highest BCUT2D eigenvalue weighted by atomic mass is 32.2. The molecule has 110 valence electrons. The number of benzene rings is 1. The second-order valence-electron chi connectivity index (χ2n) is 4.41. The van der Waals surface area contributed by atoms with Gasteiger partial charge in [-0.25, -0.2) is 13.1 Å². The molecule has 1 aromatic rings. The van der Waals surface area contributed by atoms with E-state index in [-0.39, 0.29) is 17.5 Å². The molecule has 0 heterocycles. The van der Waals surface area contributed by atoms with E-state index < -0.39 is 10.0 Å². The van der Waals surface area contributed by atoms with E-state index >= 15 is 0 Å². The van der Waals surface area contributed by atoms with Gasteiger partial charge in [-0.3, -0.25) is 0 Å². The Morgan fingerprint density at radius 1 is 1.45 bits per heavy atom. The number of aryl methyl sites for hydroxylation is 1. The summed E-state index contributed by atoms with van der Waals surface area (Å²) in [5.41, 5.74) is 1.44. The molecule has 0 saturated heterocycles. The van der Waals surface area contributed by atoms with Gasteiger partial charge in [0.25, 0.3) is 0 Å². The van der Waals surface area contributed by atoms with Crippen LogP contribution in [-0.2, 0) is 14.8 Å². The summed E-state index contributed by atoms with van der Waals surface area (Å²) < 4.78 is 31.7. The fourth-order valence-electron chi connectivity index (χ4n) is 1.70. The largest absolute Gasteiger partial charge is 0.384 e. The van der Waals surface area contributed by atoms with Gasteiger partial charge in [0.05, 0.1) is 11.5 Å². The smallest absolute Gasteiger partial charge is 0.240 e. The maximum atomic E-state index is 12.2. The summed E-state index contributed by atoms with van der Waals surface area (Å²) in [6, 6.07) is 4.38. The van der Waals surface area contributed by atoms with Gasteiger partial charge in [0.1, 0.15) is 6.61 Å². The van der Waals surface area contributed by atoms with Crippen LogP contribution in [0, 0.1) is 18.8 Å². The van der Waals surface area contributed by atoms with Crippen molar-refractivity contribution in [3.8, 4) is 11.8 Å². The lowest BCUT2D eigenvalue weighted by Gasteiger charge is -2.13. The van der Waals surface area contributed by atoms with E-state index in [1.54, 1.807) is 26.0 Å². The van der Waals surface area contributed by atoms with Crippen molar-refractivity contribution in [3.05, 3.63) is 29.3 Å². The highest BCUT2D eigenvalue weighted by Crippen LogP contribution is 2.15. The van der Waals surface area contributed by atoms with Gasteiger partial charge < -0.3 is 9.84 Å². The Morgan fingerprint density at radius 3 is 2.70 bits per heavy atom. The Bertz CT molecular complexity index is 614. The van der Waals surface area contributed by atoms with Crippen LogP contribution in [0.5, 0.6) is 0 Å². The van der Waals surface area contributed by atoms with Crippen molar-refractivity contribution in [2.24, 2.45) is 0 Å². The number of nitrogens with one attached hydrogen (secondary N) is 1. The van der Waals surface area contributed by atoms with Crippen LogP contribution in [0.3, 0.4) is 0 Å². The van der Waals surface area contributed by atoms with Crippen molar-refractivity contribution in [2.45, 2.75) is 24.8 Å². The number of hydrogen-bond acceptors (Lipinski definition) is 4. The molecule has 0 aromatic heterocycles. The molecule has 20 heavy (non-hydrogen) atoms. The van der Waals surface area contributed by atoms with E-state index in [2.05, 4.69) is 16.6 Å². The Labute approximate surface area is 120 Å². The molecule has 0 amide bonds. The lowest BCUT2D eigenvalue weighted by atomic mass is 10.1. The zero-order valence-electron chi connectivity index (χ0n) is 11.8. The molecular weight excluding hydrogens is 278 g/mol. The molecule has 0 fully saturated rings. The minimum atomic E-state index is -3.57. The van der Waals surface area contributed by atoms with Crippen molar-refractivity contribution in [3.63, 3.8) is 0 Å². The van der Waals surface area contributed by atoms with Gasteiger partial charge in [-0.1, -0.05) is 11.8 Å². The van der Waals surface area contributed by atoms with E-state index in [0.717, 1.165) is 5.56 Å². The Morgan fingerprint density at radius 2 is 2.15 bits per heavy atom. The quantitative estimate of drug-likeness (QED) is 0.783. The van der Waals surface area contributed by atoms with Crippen LogP contribution in [0.1, 0.15) is 18.1 Å². The third-order valence-electron chi connectivity index (χ3n) is 2.58. The van der Waals surface area contributed by atoms with Crippen LogP contribution < -0.4 is 4.72 Å². The lowest BCUT2D eigenvalue weighted by Crippen LogP contribution is -2.35. The van der Waals surface area contributed by atoms with Crippen LogP contribution in [-0.4, -0.2) is 39.9 Å². The maximum Gasteiger partial charge on any atom is 0.240 e. The molecule has 1 atom stereocenters. The van der Waals surface area contributed by atoms with E-state index in [1.165, 1.54) is 13.2 Å². The molecule has 5 nitrogen and oxygen atoms in total. The maximum absolute atomic E-state index is 12.2. The lowest BCUT2D eigenvalue weighted by molar-refractivity contribution is 0.180. The van der Waals surface area contributed by atoms with Gasteiger partial charge in [-0.05, 0) is 37.6 Å². The molecule has 1 aromatic carbocycles. The highest BCUT2D eigenvalue weighted by molar-refractivity contribution is 7.89. The number of methoxy groups -OCH3 is 1. The van der Waals surface area contributed by atoms with Crippen LogP contribution in [0.2, 0.25) is 0 Å². The first kappa shape index (κ1) is 16.7. The van der Waals surface area contributed by atoms with Crippen molar-refractivity contribution in [1.29, 1.82) is 0 Å². The van der Waals surface area contributed by atoms with Crippen LogP contribution in [0.25, 0.3) is 0 Å². The van der Waals surface area contributed by atoms with Gasteiger partial charge in [0, 0.05) is 18.7 Å². The Hall–Kier alpha value is -1.39. The van der Waals surface area contributed by atoms with Crippen LogP contribution in [0.4, 0.5) is 0 Å². The fraction of sp³-hybridized carbons (Fsp3) is 0.429. The van der Waals surface area contributed by atoms with Gasteiger partial charge in [0.2, 0.25) is 10.0 Å². The highest BCUT2D eigenvalue weighted by Gasteiger charge is 2.17. The Balaban J connectivity index is 3.00. The summed E-state index contributed by atoms with van der Waals surface area (Å²) in [5, 5.41) is 8.66. The van der Waals surface area contributed by atoms with Gasteiger partial charge in [-0.15, -0.1) is 0 Å². The summed E-state index contributed by atoms with van der Waals surface area (Å²) in [6.07, 6.45) is 0. The van der Waals surface area contributed by atoms with Crippen molar-refractivity contribution in [1.82, 2.24) is 4.72 Å². The van der Waals surface area contributed by atoms with E-state index in [9.17, 15) is 8.42 Å². The molecule has 0 aliphatic rings. The van der Waals surface area contributed by atoms with Crippen molar-refractivity contribution < 1.29 is 18.3 Å². The van der Waals surface area contributed by atoms with Gasteiger partial charge in [-0.2, -0.15) is 0 Å². The second-order valence-corrected chi connectivity index (χ2v) is 6.13. The monoisotopic (exact) mass is 297 g/mol. The van der Waals surface area contributed by atoms with E-state index in [4.69, 9.17) is 9.84 Å². The van der Waals surface area contributed by atoms with Crippen LogP contribution >= 0.6 is 0 Å². The minimum absolute atomic E-state index is 0.188. The third-order valence-corrected chi connectivity index (χ3v) is 4.17. The number of rotatable bonds is 5. The fourth-order valence-corrected chi connectivity index (χ4v) is 3.01.